The van der Waals surface area contributed by atoms with Crippen LogP contribution >= 0.6 is 0 Å². The van der Waals surface area contributed by atoms with Crippen molar-refractivity contribution in [3.8, 4) is 0 Å². The molecule has 0 amide bonds. The third-order valence-electron chi connectivity index (χ3n) is 2.60. The van der Waals surface area contributed by atoms with E-state index in [9.17, 15) is 0 Å². The van der Waals surface area contributed by atoms with E-state index in [0.717, 1.165) is 5.92 Å². The van der Waals surface area contributed by atoms with Crippen molar-refractivity contribution >= 4 is 0 Å². The smallest absolute Gasteiger partial charge is 0.0895 e. The van der Waals surface area contributed by atoms with E-state index in [1.165, 1.54) is 12.8 Å². The van der Waals surface area contributed by atoms with Gasteiger partial charge in [-0.1, -0.05) is 0 Å². The second-order valence-electron chi connectivity index (χ2n) is 4.21. The normalized spacial score (nSPS) is 21.0. The molecule has 1 aliphatic carbocycles. The van der Waals surface area contributed by atoms with E-state index in [0.29, 0.717) is 6.54 Å². The van der Waals surface area contributed by atoms with Gasteiger partial charge < -0.3 is 15.5 Å². The van der Waals surface area contributed by atoms with Gasteiger partial charge in [0.2, 0.25) is 0 Å². The molecule has 0 aromatic carbocycles. The topological polar surface area (TPSA) is 52.5 Å². The Labute approximate surface area is 73.8 Å². The second-order valence-corrected chi connectivity index (χ2v) is 4.21. The average Bonchev–Trinajstić information content (AvgIpc) is 2.82. The summed E-state index contributed by atoms with van der Waals surface area (Å²) in [5.74, 6) is 0.753. The summed E-state index contributed by atoms with van der Waals surface area (Å²) in [5.41, 5.74) is 0.121. The summed E-state index contributed by atoms with van der Waals surface area (Å²) in [6, 6.07) is 0. The fourth-order valence-corrected chi connectivity index (χ4v) is 1.39. The minimum atomic E-state index is -0.622. The molecule has 0 bridgehead atoms. The molecule has 0 radical (unpaired) electrons. The standard InChI is InChI=1S/C9H19NO2/c1-9(2,7-3-4-7)10-5-8(12)6-11/h7-8,10-12H,3-6H2,1-2H3. The van der Waals surface area contributed by atoms with Gasteiger partial charge in [-0.3, -0.25) is 0 Å². The summed E-state index contributed by atoms with van der Waals surface area (Å²) in [6.45, 7) is 4.62. The van der Waals surface area contributed by atoms with Crippen molar-refractivity contribution in [2.24, 2.45) is 5.92 Å². The average molecular weight is 173 g/mol. The van der Waals surface area contributed by atoms with Crippen molar-refractivity contribution in [3.05, 3.63) is 0 Å². The number of hydrogen-bond acceptors (Lipinski definition) is 3. The first-order chi connectivity index (χ1) is 5.56. The van der Waals surface area contributed by atoms with Crippen LogP contribution in [0.4, 0.5) is 0 Å². The second kappa shape index (κ2) is 3.73. The van der Waals surface area contributed by atoms with Crippen LogP contribution in [0, 0.1) is 5.92 Å². The zero-order valence-corrected chi connectivity index (χ0v) is 7.88. The molecule has 0 heterocycles. The van der Waals surface area contributed by atoms with Crippen LogP contribution in [0.1, 0.15) is 26.7 Å². The molecule has 0 aromatic heterocycles. The molecule has 0 aromatic rings. The van der Waals surface area contributed by atoms with Crippen molar-refractivity contribution in [2.75, 3.05) is 13.2 Å². The van der Waals surface area contributed by atoms with Crippen molar-refractivity contribution in [1.82, 2.24) is 5.32 Å². The van der Waals surface area contributed by atoms with Gasteiger partial charge in [-0.05, 0) is 32.6 Å². The zero-order valence-electron chi connectivity index (χ0n) is 7.88. The molecule has 1 saturated carbocycles. The van der Waals surface area contributed by atoms with E-state index in [-0.39, 0.29) is 12.1 Å². The van der Waals surface area contributed by atoms with E-state index in [1.807, 2.05) is 0 Å². The van der Waals surface area contributed by atoms with Gasteiger partial charge in [-0.15, -0.1) is 0 Å². The Morgan fingerprint density at radius 2 is 2.08 bits per heavy atom. The Hall–Kier alpha value is -0.120. The molecule has 1 fully saturated rings. The molecule has 3 nitrogen and oxygen atoms in total. The quantitative estimate of drug-likeness (QED) is 0.553. The first-order valence-electron chi connectivity index (χ1n) is 4.60. The lowest BCUT2D eigenvalue weighted by molar-refractivity contribution is 0.0862. The van der Waals surface area contributed by atoms with Crippen LogP contribution in [-0.4, -0.2) is 35.0 Å². The van der Waals surface area contributed by atoms with Gasteiger partial charge in [0, 0.05) is 12.1 Å². The van der Waals surface area contributed by atoms with Gasteiger partial charge in [0.15, 0.2) is 0 Å². The van der Waals surface area contributed by atoms with Crippen LogP contribution < -0.4 is 5.32 Å². The van der Waals surface area contributed by atoms with Crippen LogP contribution in [0.3, 0.4) is 0 Å². The maximum atomic E-state index is 9.11. The van der Waals surface area contributed by atoms with Gasteiger partial charge in [0.05, 0.1) is 12.7 Å². The lowest BCUT2D eigenvalue weighted by Gasteiger charge is -2.27. The van der Waals surface area contributed by atoms with E-state index >= 15 is 0 Å². The summed E-state index contributed by atoms with van der Waals surface area (Å²) in [7, 11) is 0. The summed E-state index contributed by atoms with van der Waals surface area (Å²) < 4.78 is 0. The summed E-state index contributed by atoms with van der Waals surface area (Å²) in [6.07, 6.45) is 1.95. The highest BCUT2D eigenvalue weighted by molar-refractivity contribution is 4.94. The largest absolute Gasteiger partial charge is 0.394 e. The number of aliphatic hydroxyl groups is 2. The van der Waals surface area contributed by atoms with Crippen LogP contribution in [0.2, 0.25) is 0 Å². The number of rotatable bonds is 5. The highest BCUT2D eigenvalue weighted by Gasteiger charge is 2.37. The minimum Gasteiger partial charge on any atom is -0.394 e. The third kappa shape index (κ3) is 2.73. The Morgan fingerprint density at radius 3 is 2.50 bits per heavy atom. The van der Waals surface area contributed by atoms with Crippen LogP contribution in [0.5, 0.6) is 0 Å². The fraction of sp³-hybridized carbons (Fsp3) is 1.00. The van der Waals surface area contributed by atoms with Gasteiger partial charge in [-0.2, -0.15) is 0 Å². The van der Waals surface area contributed by atoms with E-state index in [2.05, 4.69) is 19.2 Å². The van der Waals surface area contributed by atoms with E-state index < -0.39 is 6.10 Å². The van der Waals surface area contributed by atoms with Crippen LogP contribution in [-0.2, 0) is 0 Å². The predicted molar refractivity (Wildman–Crippen MR) is 47.9 cm³/mol. The lowest BCUT2D eigenvalue weighted by Crippen LogP contribution is -2.45. The number of hydrogen-bond donors (Lipinski definition) is 3. The molecule has 1 aliphatic rings. The highest BCUT2D eigenvalue weighted by Crippen LogP contribution is 2.38. The molecule has 1 unspecified atom stereocenters. The van der Waals surface area contributed by atoms with Crippen molar-refractivity contribution in [3.63, 3.8) is 0 Å². The molecule has 0 spiro atoms. The Balaban J connectivity index is 2.20. The summed E-state index contributed by atoms with van der Waals surface area (Å²) in [4.78, 5) is 0. The predicted octanol–water partition coefficient (Wildman–Crippen LogP) is 0.118. The van der Waals surface area contributed by atoms with Gasteiger partial charge in [0.1, 0.15) is 0 Å². The van der Waals surface area contributed by atoms with Crippen molar-refractivity contribution < 1.29 is 10.2 Å². The zero-order chi connectivity index (χ0) is 9.19. The van der Waals surface area contributed by atoms with Gasteiger partial charge in [-0.25, -0.2) is 0 Å². The van der Waals surface area contributed by atoms with E-state index in [1.54, 1.807) is 0 Å². The van der Waals surface area contributed by atoms with Crippen molar-refractivity contribution in [2.45, 2.75) is 38.3 Å². The van der Waals surface area contributed by atoms with Crippen LogP contribution in [0.15, 0.2) is 0 Å². The Morgan fingerprint density at radius 1 is 1.50 bits per heavy atom. The maximum Gasteiger partial charge on any atom is 0.0895 e. The first-order valence-corrected chi connectivity index (χ1v) is 4.60. The number of β-amino-alcohol motifs (C(OH)–C–C–N with tert-alkyl or cyclic N) is 1. The molecule has 12 heavy (non-hydrogen) atoms. The fourth-order valence-electron chi connectivity index (χ4n) is 1.39. The number of nitrogens with one attached hydrogen (secondary N) is 1. The Kier molecular flexibility index (Phi) is 3.09. The summed E-state index contributed by atoms with van der Waals surface area (Å²) in [5, 5.41) is 21.0. The van der Waals surface area contributed by atoms with E-state index in [4.69, 9.17) is 10.2 Å². The van der Waals surface area contributed by atoms with Gasteiger partial charge >= 0.3 is 0 Å². The van der Waals surface area contributed by atoms with Gasteiger partial charge in [0.25, 0.3) is 0 Å². The molecule has 72 valence electrons. The molecule has 1 rings (SSSR count). The molecule has 3 N–H and O–H groups in total. The summed E-state index contributed by atoms with van der Waals surface area (Å²) >= 11 is 0. The third-order valence-corrected chi connectivity index (χ3v) is 2.60. The van der Waals surface area contributed by atoms with Crippen molar-refractivity contribution in [1.29, 1.82) is 0 Å². The molecule has 3 heteroatoms. The molecule has 0 saturated heterocycles. The Bertz CT molecular complexity index is 143. The minimum absolute atomic E-state index is 0.121. The lowest BCUT2D eigenvalue weighted by atomic mass is 9.98. The highest BCUT2D eigenvalue weighted by atomic mass is 16.3. The van der Waals surface area contributed by atoms with Crippen LogP contribution in [0.25, 0.3) is 0 Å². The number of aliphatic hydroxyl groups excluding tert-OH is 2. The first kappa shape index (κ1) is 9.96. The molecule has 0 aliphatic heterocycles. The SMILES string of the molecule is CC(C)(NCC(O)CO)C1CC1. The molecular weight excluding hydrogens is 154 g/mol. The monoisotopic (exact) mass is 173 g/mol. The molecule has 1 atom stereocenters. The molecular formula is C9H19NO2. The maximum absolute atomic E-state index is 9.11.